The molecule has 0 atom stereocenters. The van der Waals surface area contributed by atoms with Crippen LogP contribution in [0.1, 0.15) is 18.9 Å². The predicted octanol–water partition coefficient (Wildman–Crippen LogP) is 3.32. The molecule has 28 heavy (non-hydrogen) atoms. The molecule has 4 aromatic rings. The molecule has 0 bridgehead atoms. The smallest absolute Gasteiger partial charge is 0.291 e. The summed E-state index contributed by atoms with van der Waals surface area (Å²) in [5.74, 6) is 0.387. The van der Waals surface area contributed by atoms with Crippen molar-refractivity contribution in [2.24, 2.45) is 0 Å². The summed E-state index contributed by atoms with van der Waals surface area (Å²) in [6.45, 7) is 2.63. The molecule has 3 aromatic heterocycles. The fourth-order valence-electron chi connectivity index (χ4n) is 3.36. The first kappa shape index (κ1) is 17.7. The van der Waals surface area contributed by atoms with Crippen molar-refractivity contribution in [1.82, 2.24) is 14.6 Å². The molecular formula is C19H13BrN4O2S2. The van der Waals surface area contributed by atoms with E-state index in [1.165, 1.54) is 27.2 Å². The highest BCUT2D eigenvalue weighted by atomic mass is 79.9. The molecule has 0 saturated heterocycles. The Morgan fingerprint density at radius 2 is 2.07 bits per heavy atom. The molecule has 4 heterocycles. The first-order valence-electron chi connectivity index (χ1n) is 8.68. The molecule has 0 fully saturated rings. The molecule has 0 saturated carbocycles. The zero-order valence-corrected chi connectivity index (χ0v) is 17.9. The van der Waals surface area contributed by atoms with Gasteiger partial charge in [0.15, 0.2) is 5.82 Å². The fourth-order valence-corrected chi connectivity index (χ4v) is 5.38. The topological polar surface area (TPSA) is 67.6 Å². The van der Waals surface area contributed by atoms with Gasteiger partial charge in [0, 0.05) is 16.6 Å². The lowest BCUT2D eigenvalue weighted by Gasteiger charge is -2.15. The van der Waals surface area contributed by atoms with Gasteiger partial charge in [0.25, 0.3) is 11.5 Å². The Balaban J connectivity index is 1.77. The Morgan fingerprint density at radius 3 is 2.79 bits per heavy atom. The van der Waals surface area contributed by atoms with Crippen molar-refractivity contribution in [3.05, 3.63) is 60.6 Å². The number of hydrogen-bond acceptors (Lipinski definition) is 6. The van der Waals surface area contributed by atoms with Gasteiger partial charge in [0.05, 0.1) is 16.1 Å². The van der Waals surface area contributed by atoms with Gasteiger partial charge in [-0.3, -0.25) is 9.59 Å². The second-order valence-electron chi connectivity index (χ2n) is 6.34. The average Bonchev–Trinajstić information content (AvgIpc) is 3.42. The highest BCUT2D eigenvalue weighted by molar-refractivity contribution is 9.10. The van der Waals surface area contributed by atoms with Crippen molar-refractivity contribution in [3.8, 4) is 10.7 Å². The van der Waals surface area contributed by atoms with Gasteiger partial charge in [-0.05, 0) is 36.1 Å². The number of thiophene rings is 1. The van der Waals surface area contributed by atoms with E-state index in [9.17, 15) is 9.59 Å². The van der Waals surface area contributed by atoms with Crippen LogP contribution < -0.4 is 15.0 Å². The lowest BCUT2D eigenvalue weighted by molar-refractivity contribution is -0.113. The molecule has 140 valence electrons. The number of halogens is 1. The first-order chi connectivity index (χ1) is 13.6. The molecule has 1 amide bonds. The monoisotopic (exact) mass is 472 g/mol. The minimum absolute atomic E-state index is 0.143. The van der Waals surface area contributed by atoms with Crippen LogP contribution >= 0.6 is 38.6 Å². The van der Waals surface area contributed by atoms with Crippen molar-refractivity contribution in [2.45, 2.75) is 13.3 Å². The van der Waals surface area contributed by atoms with Crippen molar-refractivity contribution >= 4 is 60.7 Å². The van der Waals surface area contributed by atoms with E-state index in [1.807, 2.05) is 42.6 Å². The van der Waals surface area contributed by atoms with Crippen LogP contribution in [0.2, 0.25) is 0 Å². The zero-order chi connectivity index (χ0) is 19.4. The number of nitrogens with zero attached hydrogens (tertiary/aromatic N) is 4. The summed E-state index contributed by atoms with van der Waals surface area (Å²) in [6, 6.07) is 9.55. The molecule has 0 unspecified atom stereocenters. The molecule has 9 heteroatoms. The van der Waals surface area contributed by atoms with E-state index in [0.717, 1.165) is 27.0 Å². The number of fused-ring (bicyclic) bond motifs is 2. The summed E-state index contributed by atoms with van der Waals surface area (Å²) in [7, 11) is 0. The molecule has 1 aliphatic heterocycles. The summed E-state index contributed by atoms with van der Waals surface area (Å²) in [5, 5.41) is 6.31. The molecule has 0 spiro atoms. The third-order valence-electron chi connectivity index (χ3n) is 4.55. The standard InChI is InChI=1S/C19H13BrN4O2S2/c1-2-7-23-12-6-5-10(20)9-11(12)14(17(23)25)15-18(26)24-19(28-15)21-16(22-24)13-4-3-8-27-13/h3-6,8-9H,2,7H2,1H3/b15-14-. The summed E-state index contributed by atoms with van der Waals surface area (Å²) in [6.07, 6.45) is 0.832. The van der Waals surface area contributed by atoms with Gasteiger partial charge in [-0.15, -0.1) is 16.4 Å². The van der Waals surface area contributed by atoms with Crippen LogP contribution in [0.15, 0.2) is 45.0 Å². The molecule has 6 nitrogen and oxygen atoms in total. The SMILES string of the molecule is CCCN1C(=O)/C(=c2\sc3nc(-c4cccs4)nn3c2=O)c2cc(Br)ccc21. The maximum Gasteiger partial charge on any atom is 0.291 e. The maximum atomic E-state index is 13.2. The summed E-state index contributed by atoms with van der Waals surface area (Å²) >= 11 is 6.21. The number of thiazole rings is 1. The van der Waals surface area contributed by atoms with Crippen LogP contribution in [0, 0.1) is 0 Å². The summed E-state index contributed by atoms with van der Waals surface area (Å²) in [4.78, 5) is 33.9. The molecule has 0 N–H and O–H groups in total. The first-order valence-corrected chi connectivity index (χ1v) is 11.2. The summed E-state index contributed by atoms with van der Waals surface area (Å²) < 4.78 is 2.55. The van der Waals surface area contributed by atoms with Crippen molar-refractivity contribution in [3.63, 3.8) is 0 Å². The molecular weight excluding hydrogens is 460 g/mol. The Hall–Kier alpha value is -2.36. The second-order valence-corrected chi connectivity index (χ2v) is 9.18. The Kier molecular flexibility index (Phi) is 4.18. The average molecular weight is 473 g/mol. The number of carbonyl (C=O) groups is 1. The van der Waals surface area contributed by atoms with Crippen LogP contribution in [0.5, 0.6) is 0 Å². The van der Waals surface area contributed by atoms with Crippen molar-refractivity contribution < 1.29 is 4.79 Å². The van der Waals surface area contributed by atoms with Gasteiger partial charge in [-0.1, -0.05) is 40.3 Å². The Labute approximate surface area is 175 Å². The van der Waals surface area contributed by atoms with Crippen LogP contribution in [-0.4, -0.2) is 27.0 Å². The number of benzene rings is 1. The Morgan fingerprint density at radius 1 is 1.21 bits per heavy atom. The van der Waals surface area contributed by atoms with Crippen LogP contribution in [-0.2, 0) is 4.79 Å². The molecule has 5 rings (SSSR count). The number of anilines is 1. The quantitative estimate of drug-likeness (QED) is 0.458. The lowest BCUT2D eigenvalue weighted by Crippen LogP contribution is -2.32. The van der Waals surface area contributed by atoms with Crippen LogP contribution in [0.4, 0.5) is 5.69 Å². The van der Waals surface area contributed by atoms with E-state index < -0.39 is 0 Å². The maximum absolute atomic E-state index is 13.2. The molecule has 1 aliphatic rings. The largest absolute Gasteiger partial charge is 0.308 e. The van der Waals surface area contributed by atoms with E-state index in [-0.39, 0.29) is 11.5 Å². The van der Waals surface area contributed by atoms with E-state index in [1.54, 1.807) is 4.90 Å². The van der Waals surface area contributed by atoms with Gasteiger partial charge in [0.1, 0.15) is 4.53 Å². The molecule has 1 aromatic carbocycles. The fraction of sp³-hybridized carbons (Fsp3) is 0.158. The number of hydrogen-bond donors (Lipinski definition) is 0. The van der Waals surface area contributed by atoms with Crippen LogP contribution in [0.25, 0.3) is 21.2 Å². The second kappa shape index (κ2) is 6.61. The van der Waals surface area contributed by atoms with E-state index >= 15 is 0 Å². The predicted molar refractivity (Wildman–Crippen MR) is 115 cm³/mol. The molecule has 0 radical (unpaired) electrons. The van der Waals surface area contributed by atoms with Gasteiger partial charge >= 0.3 is 0 Å². The summed E-state index contributed by atoms with van der Waals surface area (Å²) in [5.41, 5.74) is 1.74. The van der Waals surface area contributed by atoms with Gasteiger partial charge < -0.3 is 4.90 Å². The Bertz CT molecular complexity index is 1340. The van der Waals surface area contributed by atoms with E-state index in [2.05, 4.69) is 26.0 Å². The van der Waals surface area contributed by atoms with Gasteiger partial charge in [0.2, 0.25) is 4.96 Å². The van der Waals surface area contributed by atoms with E-state index in [0.29, 0.717) is 27.4 Å². The number of rotatable bonds is 3. The molecule has 0 aliphatic carbocycles. The normalized spacial score (nSPS) is 15.6. The highest BCUT2D eigenvalue weighted by Crippen LogP contribution is 2.37. The number of amides is 1. The van der Waals surface area contributed by atoms with Gasteiger partial charge in [-0.25, -0.2) is 0 Å². The number of carbonyl (C=O) groups excluding carboxylic acids is 1. The highest BCUT2D eigenvalue weighted by Gasteiger charge is 2.34. The van der Waals surface area contributed by atoms with Crippen molar-refractivity contribution in [1.29, 1.82) is 0 Å². The van der Waals surface area contributed by atoms with Crippen LogP contribution in [0.3, 0.4) is 0 Å². The third-order valence-corrected chi connectivity index (χ3v) is 6.94. The zero-order valence-electron chi connectivity index (χ0n) is 14.7. The lowest BCUT2D eigenvalue weighted by atomic mass is 10.1. The minimum atomic E-state index is -0.303. The minimum Gasteiger partial charge on any atom is -0.308 e. The van der Waals surface area contributed by atoms with Crippen molar-refractivity contribution in [2.75, 3.05) is 11.4 Å². The number of aromatic nitrogens is 3. The van der Waals surface area contributed by atoms with Gasteiger partial charge in [-0.2, -0.15) is 9.50 Å². The van der Waals surface area contributed by atoms with E-state index in [4.69, 9.17) is 0 Å². The third kappa shape index (κ3) is 2.57.